The lowest BCUT2D eigenvalue weighted by molar-refractivity contribution is 0.0603. The number of nitrogens with one attached hydrogen (secondary N) is 1. The predicted molar refractivity (Wildman–Crippen MR) is 73.2 cm³/mol. The van der Waals surface area contributed by atoms with Crippen LogP contribution in [0.25, 0.3) is 0 Å². The fourth-order valence-corrected chi connectivity index (χ4v) is 2.52. The first-order valence-corrected chi connectivity index (χ1v) is 6.95. The van der Waals surface area contributed by atoms with Gasteiger partial charge in [-0.05, 0) is 38.6 Å². The molecule has 0 radical (unpaired) electrons. The third-order valence-corrected chi connectivity index (χ3v) is 4.03. The number of β-amino-alcohol motifs (C(OH)–C–C–N with tert-alkyl or cyclic N) is 1. The Bertz CT molecular complexity index is 238. The molecule has 2 atom stereocenters. The summed E-state index contributed by atoms with van der Waals surface area (Å²) >= 11 is 0. The summed E-state index contributed by atoms with van der Waals surface area (Å²) in [5.41, 5.74) is -0.230. The van der Waals surface area contributed by atoms with Gasteiger partial charge in [0.1, 0.15) is 0 Å². The highest BCUT2D eigenvalue weighted by Gasteiger charge is 2.35. The summed E-state index contributed by atoms with van der Waals surface area (Å²) in [6, 6.07) is 0.507. The SMILES string of the molecule is CCCNC(C)C(C)(C)CN1CCC(C)(O)C1. The zero-order valence-electron chi connectivity index (χ0n) is 12.2. The molecule has 1 aliphatic heterocycles. The normalized spacial score (nSPS) is 28.6. The summed E-state index contributed by atoms with van der Waals surface area (Å²) in [4.78, 5) is 2.39. The highest BCUT2D eigenvalue weighted by Crippen LogP contribution is 2.27. The molecular weight excluding hydrogens is 212 g/mol. The van der Waals surface area contributed by atoms with Gasteiger partial charge in [-0.15, -0.1) is 0 Å². The molecule has 1 rings (SSSR count). The van der Waals surface area contributed by atoms with Crippen molar-refractivity contribution >= 4 is 0 Å². The summed E-state index contributed by atoms with van der Waals surface area (Å²) in [5.74, 6) is 0. The van der Waals surface area contributed by atoms with E-state index in [9.17, 15) is 5.11 Å². The zero-order chi connectivity index (χ0) is 13.1. The lowest BCUT2D eigenvalue weighted by atomic mass is 9.84. The van der Waals surface area contributed by atoms with Gasteiger partial charge in [-0.1, -0.05) is 20.8 Å². The van der Waals surface area contributed by atoms with Gasteiger partial charge in [-0.3, -0.25) is 4.90 Å². The van der Waals surface area contributed by atoms with Gasteiger partial charge in [-0.2, -0.15) is 0 Å². The fraction of sp³-hybridized carbons (Fsp3) is 1.00. The maximum atomic E-state index is 9.98. The van der Waals surface area contributed by atoms with Crippen LogP contribution in [0.2, 0.25) is 0 Å². The Morgan fingerprint density at radius 3 is 2.59 bits per heavy atom. The molecule has 102 valence electrons. The molecule has 0 aromatic rings. The van der Waals surface area contributed by atoms with Crippen molar-refractivity contribution in [2.75, 3.05) is 26.2 Å². The van der Waals surface area contributed by atoms with Crippen molar-refractivity contribution in [1.82, 2.24) is 10.2 Å². The maximum absolute atomic E-state index is 9.98. The van der Waals surface area contributed by atoms with E-state index in [1.54, 1.807) is 0 Å². The number of rotatable bonds is 6. The van der Waals surface area contributed by atoms with Crippen LogP contribution in [0.5, 0.6) is 0 Å². The van der Waals surface area contributed by atoms with Crippen molar-refractivity contribution in [3.05, 3.63) is 0 Å². The predicted octanol–water partition coefficient (Wildman–Crippen LogP) is 1.86. The van der Waals surface area contributed by atoms with Gasteiger partial charge in [0.05, 0.1) is 5.60 Å². The summed E-state index contributed by atoms with van der Waals surface area (Å²) in [5, 5.41) is 13.6. The van der Waals surface area contributed by atoms with E-state index in [2.05, 4.69) is 37.9 Å². The van der Waals surface area contributed by atoms with Crippen LogP contribution in [-0.4, -0.2) is 47.8 Å². The number of likely N-dealkylation sites (tertiary alicyclic amines) is 1. The van der Waals surface area contributed by atoms with Crippen molar-refractivity contribution in [3.63, 3.8) is 0 Å². The van der Waals surface area contributed by atoms with E-state index in [0.717, 1.165) is 32.6 Å². The molecule has 0 saturated carbocycles. The molecule has 0 amide bonds. The molecule has 0 aromatic carbocycles. The van der Waals surface area contributed by atoms with Crippen molar-refractivity contribution in [2.24, 2.45) is 5.41 Å². The van der Waals surface area contributed by atoms with Crippen LogP contribution < -0.4 is 5.32 Å². The van der Waals surface area contributed by atoms with E-state index >= 15 is 0 Å². The molecule has 2 N–H and O–H groups in total. The number of hydrogen-bond acceptors (Lipinski definition) is 3. The lowest BCUT2D eigenvalue weighted by Crippen LogP contribution is -2.47. The molecule has 0 bridgehead atoms. The van der Waals surface area contributed by atoms with Crippen molar-refractivity contribution in [2.45, 2.75) is 59.1 Å². The Morgan fingerprint density at radius 1 is 1.47 bits per heavy atom. The molecule has 3 heteroatoms. The molecule has 0 spiro atoms. The zero-order valence-corrected chi connectivity index (χ0v) is 12.2. The highest BCUT2D eigenvalue weighted by atomic mass is 16.3. The van der Waals surface area contributed by atoms with Gasteiger partial charge in [0.25, 0.3) is 0 Å². The molecule has 0 aliphatic carbocycles. The first-order chi connectivity index (χ1) is 7.77. The number of hydrogen-bond donors (Lipinski definition) is 2. The Labute approximate surface area is 107 Å². The molecule has 1 fully saturated rings. The minimum atomic E-state index is -0.476. The Hall–Kier alpha value is -0.120. The van der Waals surface area contributed by atoms with Crippen LogP contribution >= 0.6 is 0 Å². The minimum absolute atomic E-state index is 0.246. The van der Waals surface area contributed by atoms with Crippen molar-refractivity contribution in [3.8, 4) is 0 Å². The summed E-state index contributed by atoms with van der Waals surface area (Å²) < 4.78 is 0. The second-order valence-electron chi connectivity index (χ2n) is 6.62. The lowest BCUT2D eigenvalue weighted by Gasteiger charge is -2.36. The van der Waals surface area contributed by atoms with Crippen LogP contribution in [0.15, 0.2) is 0 Å². The first-order valence-electron chi connectivity index (χ1n) is 6.95. The van der Waals surface area contributed by atoms with E-state index in [4.69, 9.17) is 0 Å². The summed E-state index contributed by atoms with van der Waals surface area (Å²) in [7, 11) is 0. The Balaban J connectivity index is 2.43. The highest BCUT2D eigenvalue weighted by molar-refractivity contribution is 4.91. The number of aliphatic hydroxyl groups is 1. The summed E-state index contributed by atoms with van der Waals surface area (Å²) in [6.07, 6.45) is 2.08. The van der Waals surface area contributed by atoms with E-state index in [-0.39, 0.29) is 5.41 Å². The molecule has 0 aromatic heterocycles. The third-order valence-electron chi connectivity index (χ3n) is 4.03. The van der Waals surface area contributed by atoms with Crippen LogP contribution in [0, 0.1) is 5.41 Å². The maximum Gasteiger partial charge on any atom is 0.0758 e. The van der Waals surface area contributed by atoms with Gasteiger partial charge >= 0.3 is 0 Å². The van der Waals surface area contributed by atoms with Crippen molar-refractivity contribution in [1.29, 1.82) is 0 Å². The van der Waals surface area contributed by atoms with Crippen molar-refractivity contribution < 1.29 is 5.11 Å². The van der Waals surface area contributed by atoms with Gasteiger partial charge in [-0.25, -0.2) is 0 Å². The molecular formula is C14H30N2O. The second-order valence-corrected chi connectivity index (χ2v) is 6.62. The van der Waals surface area contributed by atoms with Crippen LogP contribution in [0.1, 0.15) is 47.5 Å². The Kier molecular flexibility index (Phi) is 4.99. The van der Waals surface area contributed by atoms with Gasteiger partial charge in [0.15, 0.2) is 0 Å². The largest absolute Gasteiger partial charge is 0.389 e. The average Bonchev–Trinajstić information content (AvgIpc) is 2.53. The summed E-state index contributed by atoms with van der Waals surface area (Å²) in [6.45, 7) is 15.0. The smallest absolute Gasteiger partial charge is 0.0758 e. The fourth-order valence-electron chi connectivity index (χ4n) is 2.52. The first kappa shape index (κ1) is 14.9. The standard InChI is InChI=1S/C14H30N2O/c1-6-8-15-12(2)13(3,4)10-16-9-7-14(5,17)11-16/h12,15,17H,6-11H2,1-5H3. The second kappa shape index (κ2) is 5.68. The monoisotopic (exact) mass is 242 g/mol. The molecule has 17 heavy (non-hydrogen) atoms. The molecule has 3 nitrogen and oxygen atoms in total. The van der Waals surface area contributed by atoms with Crippen LogP contribution in [-0.2, 0) is 0 Å². The topological polar surface area (TPSA) is 35.5 Å². The van der Waals surface area contributed by atoms with Crippen LogP contribution in [0.4, 0.5) is 0 Å². The number of nitrogens with zero attached hydrogens (tertiary/aromatic N) is 1. The van der Waals surface area contributed by atoms with Gasteiger partial charge < -0.3 is 10.4 Å². The molecule has 2 unspecified atom stereocenters. The molecule has 1 heterocycles. The third kappa shape index (κ3) is 4.57. The van der Waals surface area contributed by atoms with Gasteiger partial charge in [0, 0.05) is 25.7 Å². The van der Waals surface area contributed by atoms with E-state index in [0.29, 0.717) is 6.04 Å². The Morgan fingerprint density at radius 2 is 2.12 bits per heavy atom. The van der Waals surface area contributed by atoms with E-state index < -0.39 is 5.60 Å². The minimum Gasteiger partial charge on any atom is -0.389 e. The molecule has 1 saturated heterocycles. The quantitative estimate of drug-likeness (QED) is 0.746. The van der Waals surface area contributed by atoms with Crippen LogP contribution in [0.3, 0.4) is 0 Å². The average molecular weight is 242 g/mol. The molecule has 1 aliphatic rings. The van der Waals surface area contributed by atoms with E-state index in [1.807, 2.05) is 6.92 Å². The van der Waals surface area contributed by atoms with Gasteiger partial charge in [0.2, 0.25) is 0 Å². The van der Waals surface area contributed by atoms with E-state index in [1.165, 1.54) is 6.42 Å².